The Morgan fingerprint density at radius 2 is 1.82 bits per heavy atom. The Morgan fingerprint density at radius 1 is 1.18 bits per heavy atom. The van der Waals surface area contributed by atoms with Gasteiger partial charge < -0.3 is 15.1 Å². The van der Waals surface area contributed by atoms with Gasteiger partial charge in [0, 0.05) is 31.1 Å². The van der Waals surface area contributed by atoms with Crippen LogP contribution < -0.4 is 5.32 Å². The summed E-state index contributed by atoms with van der Waals surface area (Å²) >= 11 is 1.69. The number of nitrogens with one attached hydrogen (secondary N) is 1. The van der Waals surface area contributed by atoms with Gasteiger partial charge in [0.1, 0.15) is 5.54 Å². The van der Waals surface area contributed by atoms with Crippen LogP contribution in [0.3, 0.4) is 0 Å². The van der Waals surface area contributed by atoms with Crippen LogP contribution in [0.1, 0.15) is 45.1 Å². The van der Waals surface area contributed by atoms with E-state index in [0.29, 0.717) is 44.9 Å². The average molecular weight is 489 g/mol. The molecule has 2 aliphatic heterocycles. The van der Waals surface area contributed by atoms with Gasteiger partial charge in [-0.3, -0.25) is 14.5 Å². The molecule has 1 N–H and O–H groups in total. The Balaban J connectivity index is 1.66. The summed E-state index contributed by atoms with van der Waals surface area (Å²) in [5, 5.41) is 3.12. The predicted molar refractivity (Wildman–Crippen MR) is 137 cm³/mol. The number of hydrogen-bond donors (Lipinski definition) is 1. The molecule has 1 unspecified atom stereocenters. The number of carbonyl (C=O) groups is 3. The van der Waals surface area contributed by atoms with E-state index in [-0.39, 0.29) is 23.8 Å². The average Bonchev–Trinajstić information content (AvgIpc) is 3.06. The zero-order valence-corrected chi connectivity index (χ0v) is 22.1. The lowest BCUT2D eigenvalue weighted by atomic mass is 9.73. The maximum Gasteiger partial charge on any atom is 0.325 e. The van der Waals surface area contributed by atoms with Gasteiger partial charge in [-0.2, -0.15) is 0 Å². The quantitative estimate of drug-likeness (QED) is 0.403. The SMILES string of the molecule is CSc1ccc(CC(=O)N2CCC(C3(CCC(C)C)NC(=O)N(CCN(C)C)C3=O)CC2)cc1. The zero-order valence-electron chi connectivity index (χ0n) is 21.3. The number of thioether (sulfide) groups is 1. The van der Waals surface area contributed by atoms with Gasteiger partial charge in [0.2, 0.25) is 5.91 Å². The maximum atomic E-state index is 13.6. The van der Waals surface area contributed by atoms with Crippen molar-refractivity contribution in [2.45, 2.75) is 56.4 Å². The summed E-state index contributed by atoms with van der Waals surface area (Å²) in [5.41, 5.74) is 0.171. The molecule has 7 nitrogen and oxygen atoms in total. The first-order chi connectivity index (χ1) is 16.2. The van der Waals surface area contributed by atoms with E-state index in [9.17, 15) is 14.4 Å². The van der Waals surface area contributed by atoms with E-state index in [2.05, 4.69) is 31.3 Å². The topological polar surface area (TPSA) is 73.0 Å². The van der Waals surface area contributed by atoms with Gasteiger partial charge >= 0.3 is 6.03 Å². The number of likely N-dealkylation sites (tertiary alicyclic amines) is 1. The van der Waals surface area contributed by atoms with Gasteiger partial charge in [-0.05, 0) is 75.6 Å². The van der Waals surface area contributed by atoms with E-state index in [4.69, 9.17) is 0 Å². The third-order valence-electron chi connectivity index (χ3n) is 7.15. The first kappa shape index (κ1) is 26.5. The second-order valence-corrected chi connectivity index (χ2v) is 11.2. The summed E-state index contributed by atoms with van der Waals surface area (Å²) in [7, 11) is 3.88. The van der Waals surface area contributed by atoms with Crippen LogP contribution in [0.15, 0.2) is 29.2 Å². The summed E-state index contributed by atoms with van der Waals surface area (Å²) in [6.07, 6.45) is 5.40. The number of urea groups is 1. The Morgan fingerprint density at radius 3 is 2.38 bits per heavy atom. The van der Waals surface area contributed by atoms with E-state index < -0.39 is 5.54 Å². The third-order valence-corrected chi connectivity index (χ3v) is 7.89. The molecule has 0 spiro atoms. The minimum absolute atomic E-state index is 0.0389. The number of likely N-dealkylation sites (N-methyl/N-ethyl adjacent to an activating group) is 1. The smallest absolute Gasteiger partial charge is 0.325 e. The number of nitrogens with zero attached hydrogens (tertiary/aromatic N) is 3. The monoisotopic (exact) mass is 488 g/mol. The minimum atomic E-state index is -0.851. The molecule has 0 saturated carbocycles. The summed E-state index contributed by atoms with van der Waals surface area (Å²) in [5.74, 6) is 0.521. The number of hydrogen-bond acceptors (Lipinski definition) is 5. The molecule has 1 aromatic rings. The van der Waals surface area contributed by atoms with Crippen LogP contribution in [0.25, 0.3) is 0 Å². The molecule has 3 rings (SSSR count). The number of amides is 4. The van der Waals surface area contributed by atoms with Crippen molar-refractivity contribution in [3.63, 3.8) is 0 Å². The van der Waals surface area contributed by atoms with Gasteiger partial charge in [-0.1, -0.05) is 26.0 Å². The van der Waals surface area contributed by atoms with Crippen molar-refractivity contribution in [3.8, 4) is 0 Å². The first-order valence-electron chi connectivity index (χ1n) is 12.4. The number of rotatable bonds is 10. The standard InChI is InChI=1S/C26H40N4O3S/c1-19(2)10-13-26(24(32)30(25(33)27-26)17-16-28(3)4)21-11-14-29(15-12-21)23(31)18-20-6-8-22(34-5)9-7-20/h6-9,19,21H,10-18H2,1-5H3,(H,27,33). The van der Waals surface area contributed by atoms with E-state index in [0.717, 1.165) is 24.8 Å². The van der Waals surface area contributed by atoms with Crippen molar-refractivity contribution in [1.82, 2.24) is 20.0 Å². The number of imide groups is 1. The minimum Gasteiger partial charge on any atom is -0.342 e. The van der Waals surface area contributed by atoms with E-state index >= 15 is 0 Å². The van der Waals surface area contributed by atoms with Crippen LogP contribution in [-0.2, 0) is 16.0 Å². The molecule has 0 aliphatic carbocycles. The Bertz CT molecular complexity index is 865. The largest absolute Gasteiger partial charge is 0.342 e. The van der Waals surface area contributed by atoms with Crippen LogP contribution in [0.4, 0.5) is 4.79 Å². The van der Waals surface area contributed by atoms with Gasteiger partial charge in [-0.15, -0.1) is 11.8 Å². The zero-order chi connectivity index (χ0) is 24.9. The summed E-state index contributed by atoms with van der Waals surface area (Å²) in [6.45, 7) is 6.57. The molecule has 2 aliphatic rings. The molecule has 188 valence electrons. The molecule has 2 fully saturated rings. The fourth-order valence-corrected chi connectivity index (χ4v) is 5.37. The fraction of sp³-hybridized carbons (Fsp3) is 0.654. The summed E-state index contributed by atoms with van der Waals surface area (Å²) in [4.78, 5) is 45.9. The second kappa shape index (κ2) is 11.6. The van der Waals surface area contributed by atoms with Crippen molar-refractivity contribution in [2.75, 3.05) is 46.5 Å². The van der Waals surface area contributed by atoms with E-state index in [1.807, 2.05) is 42.3 Å². The molecule has 4 amide bonds. The third kappa shape index (κ3) is 6.13. The van der Waals surface area contributed by atoms with Crippen LogP contribution in [0, 0.1) is 11.8 Å². The van der Waals surface area contributed by atoms with Crippen molar-refractivity contribution in [2.24, 2.45) is 11.8 Å². The highest BCUT2D eigenvalue weighted by Gasteiger charge is 2.55. The van der Waals surface area contributed by atoms with Gasteiger partial charge in [0.15, 0.2) is 0 Å². The van der Waals surface area contributed by atoms with Gasteiger partial charge in [-0.25, -0.2) is 4.79 Å². The molecular weight excluding hydrogens is 448 g/mol. The van der Waals surface area contributed by atoms with E-state index in [1.165, 1.54) is 9.80 Å². The van der Waals surface area contributed by atoms with Crippen LogP contribution in [-0.4, -0.2) is 84.6 Å². The second-order valence-electron chi connectivity index (χ2n) is 10.3. The normalized spacial score (nSPS) is 21.6. The molecule has 0 bridgehead atoms. The molecule has 34 heavy (non-hydrogen) atoms. The van der Waals surface area contributed by atoms with Crippen LogP contribution in [0.2, 0.25) is 0 Å². The summed E-state index contributed by atoms with van der Waals surface area (Å²) in [6, 6.07) is 7.87. The number of benzene rings is 1. The predicted octanol–water partition coefficient (Wildman–Crippen LogP) is 3.48. The molecular formula is C26H40N4O3S. The van der Waals surface area contributed by atoms with E-state index in [1.54, 1.807) is 11.8 Å². The molecule has 2 heterocycles. The molecule has 0 aromatic heterocycles. The van der Waals surface area contributed by atoms with Crippen molar-refractivity contribution in [3.05, 3.63) is 29.8 Å². The molecule has 2 saturated heterocycles. The van der Waals surface area contributed by atoms with Crippen LogP contribution >= 0.6 is 11.8 Å². The highest BCUT2D eigenvalue weighted by Crippen LogP contribution is 2.38. The Kier molecular flexibility index (Phi) is 9.04. The lowest BCUT2D eigenvalue weighted by Crippen LogP contribution is -2.57. The first-order valence-corrected chi connectivity index (χ1v) is 13.6. The fourth-order valence-electron chi connectivity index (χ4n) is 4.97. The molecule has 1 atom stereocenters. The molecule has 1 aromatic carbocycles. The summed E-state index contributed by atoms with van der Waals surface area (Å²) < 4.78 is 0. The lowest BCUT2D eigenvalue weighted by molar-refractivity contribution is -0.136. The van der Waals surface area contributed by atoms with Crippen molar-refractivity contribution >= 4 is 29.6 Å². The lowest BCUT2D eigenvalue weighted by Gasteiger charge is -2.41. The van der Waals surface area contributed by atoms with Gasteiger partial charge in [0.05, 0.1) is 6.42 Å². The van der Waals surface area contributed by atoms with Crippen molar-refractivity contribution < 1.29 is 14.4 Å². The number of carbonyl (C=O) groups excluding carboxylic acids is 3. The van der Waals surface area contributed by atoms with Crippen LogP contribution in [0.5, 0.6) is 0 Å². The Hall–Kier alpha value is -2.06. The maximum absolute atomic E-state index is 13.6. The molecule has 0 radical (unpaired) electrons. The van der Waals surface area contributed by atoms with Crippen molar-refractivity contribution in [1.29, 1.82) is 0 Å². The van der Waals surface area contributed by atoms with Gasteiger partial charge in [0.25, 0.3) is 5.91 Å². The Labute approximate surface area is 208 Å². The molecule has 8 heteroatoms. The highest BCUT2D eigenvalue weighted by molar-refractivity contribution is 7.98. The number of piperidine rings is 1. The highest BCUT2D eigenvalue weighted by atomic mass is 32.2.